The molecule has 3 aromatic carbocycles. The maximum atomic E-state index is 14.5. The van der Waals surface area contributed by atoms with Gasteiger partial charge in [0.25, 0.3) is 17.6 Å². The van der Waals surface area contributed by atoms with Crippen molar-refractivity contribution in [1.82, 2.24) is 14.6 Å². The summed E-state index contributed by atoms with van der Waals surface area (Å²) in [5.41, 5.74) is 2.64. The van der Waals surface area contributed by atoms with Gasteiger partial charge >= 0.3 is 12.1 Å². The molecule has 54 heavy (non-hydrogen) atoms. The van der Waals surface area contributed by atoms with E-state index in [0.29, 0.717) is 10.8 Å². The van der Waals surface area contributed by atoms with Crippen LogP contribution < -0.4 is 25.8 Å². The zero-order valence-corrected chi connectivity index (χ0v) is 30.2. The fraction of sp³-hybridized carbons (Fsp3) is 0.361. The average Bonchev–Trinajstić information content (AvgIpc) is 3.10. The first kappa shape index (κ1) is 40.0. The third-order valence-electron chi connectivity index (χ3n) is 8.41. The summed E-state index contributed by atoms with van der Waals surface area (Å²) in [5, 5.41) is 6.07. The number of hydrogen-bond donors (Lipinski definition) is 3. The third-order valence-corrected chi connectivity index (χ3v) is 10.4. The van der Waals surface area contributed by atoms with Crippen molar-refractivity contribution in [2.75, 3.05) is 30.7 Å². The number of benzene rings is 3. The number of sulfonamides is 1. The Balaban J connectivity index is 1.62. The second-order valence-electron chi connectivity index (χ2n) is 12.6. The summed E-state index contributed by atoms with van der Waals surface area (Å²) in [5.74, 6) is -6.77. The maximum absolute atomic E-state index is 14.5. The second kappa shape index (κ2) is 15.6. The number of nitrogens with one attached hydrogen (secondary N) is 2. The minimum absolute atomic E-state index is 0.00331. The van der Waals surface area contributed by atoms with E-state index in [1.807, 2.05) is 0 Å². The Morgan fingerprint density at radius 1 is 1.00 bits per heavy atom. The highest BCUT2D eigenvalue weighted by Gasteiger charge is 2.52. The predicted molar refractivity (Wildman–Crippen MR) is 188 cm³/mol. The van der Waals surface area contributed by atoms with Crippen LogP contribution in [0.2, 0.25) is 0 Å². The van der Waals surface area contributed by atoms with Crippen molar-refractivity contribution in [2.24, 2.45) is 0 Å². The van der Waals surface area contributed by atoms with Crippen LogP contribution in [0.15, 0.2) is 77.8 Å². The molecule has 0 spiro atoms. The Kier molecular flexibility index (Phi) is 11.6. The summed E-state index contributed by atoms with van der Waals surface area (Å²) < 4.78 is 115. The van der Waals surface area contributed by atoms with E-state index in [2.05, 4.69) is 15.6 Å². The third kappa shape index (κ3) is 8.76. The Hall–Kier alpha value is -5.23. The number of fused-ring (bicyclic) bond motifs is 1. The number of aromatic nitrogens is 1. The Labute approximate surface area is 307 Å². The van der Waals surface area contributed by atoms with Gasteiger partial charge in [0, 0.05) is 55.3 Å². The van der Waals surface area contributed by atoms with Gasteiger partial charge in [0.2, 0.25) is 10.0 Å². The SMILES string of the molecule is CCOc1cc(C(Nc2ccc3c(N)nccc3c2)(OC(=O)C(F)(F)F)C(=O)NCc2ccccc2S(=O)(=O)N2CCC(F)(F)CC2)ccc1OC(C)C. The molecule has 1 aliphatic rings. The molecule has 2 heterocycles. The first-order valence-electron chi connectivity index (χ1n) is 16.8. The highest BCUT2D eigenvalue weighted by atomic mass is 32.2. The van der Waals surface area contributed by atoms with Crippen LogP contribution in [0.4, 0.5) is 33.5 Å². The number of nitrogens with two attached hydrogens (primary N) is 1. The Morgan fingerprint density at radius 2 is 1.70 bits per heavy atom. The molecule has 0 bridgehead atoms. The molecule has 12 nitrogen and oxygen atoms in total. The number of halogens is 5. The number of anilines is 2. The van der Waals surface area contributed by atoms with Gasteiger partial charge in [0.15, 0.2) is 11.5 Å². The molecule has 1 amide bonds. The normalized spacial score (nSPS) is 16.0. The highest BCUT2D eigenvalue weighted by molar-refractivity contribution is 7.89. The number of carbonyl (C=O) groups is 2. The molecule has 290 valence electrons. The van der Waals surface area contributed by atoms with Crippen LogP contribution >= 0.6 is 0 Å². The van der Waals surface area contributed by atoms with Gasteiger partial charge in [-0.05, 0) is 80.3 Å². The molecule has 4 N–H and O–H groups in total. The zero-order valence-electron chi connectivity index (χ0n) is 29.4. The number of amides is 1. The van der Waals surface area contributed by atoms with Crippen molar-refractivity contribution in [2.45, 2.75) is 69.0 Å². The number of nitrogen functional groups attached to an aromatic ring is 1. The average molecular weight is 780 g/mol. The quantitative estimate of drug-likeness (QED) is 0.0821. The van der Waals surface area contributed by atoms with E-state index in [-0.39, 0.29) is 51.7 Å². The monoisotopic (exact) mass is 779 g/mol. The molecule has 1 aliphatic heterocycles. The molecule has 1 unspecified atom stereocenters. The van der Waals surface area contributed by atoms with Gasteiger partial charge < -0.3 is 30.6 Å². The fourth-order valence-corrected chi connectivity index (χ4v) is 7.47. The minimum atomic E-state index is -5.58. The molecule has 18 heteroatoms. The molecule has 1 aromatic heterocycles. The van der Waals surface area contributed by atoms with Crippen LogP contribution in [0.25, 0.3) is 10.8 Å². The van der Waals surface area contributed by atoms with Crippen molar-refractivity contribution in [1.29, 1.82) is 0 Å². The lowest BCUT2D eigenvalue weighted by Gasteiger charge is -2.35. The smallest absolute Gasteiger partial charge is 0.490 e. The molecular formula is C36H38F5N5O7S. The first-order valence-corrected chi connectivity index (χ1v) is 18.2. The lowest BCUT2D eigenvalue weighted by molar-refractivity contribution is -0.213. The summed E-state index contributed by atoms with van der Waals surface area (Å²) in [6.07, 6.45) is -5.92. The van der Waals surface area contributed by atoms with E-state index in [4.69, 9.17) is 19.9 Å². The van der Waals surface area contributed by atoms with Gasteiger partial charge in [-0.2, -0.15) is 17.5 Å². The van der Waals surface area contributed by atoms with E-state index in [1.165, 1.54) is 66.9 Å². The minimum Gasteiger partial charge on any atom is -0.490 e. The number of hydrogen-bond acceptors (Lipinski definition) is 10. The van der Waals surface area contributed by atoms with Crippen LogP contribution in [-0.4, -0.2) is 67.5 Å². The standard InChI is InChI=1S/C36H38F5N5O7S/c1-4-51-29-20-25(9-12-28(29)52-22(2)3)35(53-33(48)36(39,40)41,45-26-10-11-27-23(19-26)13-16-43-31(27)42)32(47)44-21-24-7-5-6-8-30(24)54(49,50)46-17-14-34(37,38)15-18-46/h5-13,16,19-20,22,45H,4,14-15,17-18,21H2,1-3H3,(H2,42,43)(H,44,47). The lowest BCUT2D eigenvalue weighted by Crippen LogP contribution is -2.54. The van der Waals surface area contributed by atoms with E-state index in [9.17, 15) is 40.0 Å². The largest absolute Gasteiger partial charge is 0.491 e. The van der Waals surface area contributed by atoms with Crippen molar-refractivity contribution < 1.29 is 54.2 Å². The number of piperidine rings is 1. The molecule has 0 saturated carbocycles. The number of alkyl halides is 5. The van der Waals surface area contributed by atoms with Crippen molar-refractivity contribution in [3.63, 3.8) is 0 Å². The summed E-state index contributed by atoms with van der Waals surface area (Å²) in [6.45, 7) is 3.66. The summed E-state index contributed by atoms with van der Waals surface area (Å²) in [6, 6.07) is 15.0. The number of nitrogens with zero attached hydrogens (tertiary/aromatic N) is 2. The Bertz CT molecular complexity index is 2120. The first-order chi connectivity index (χ1) is 25.4. The van der Waals surface area contributed by atoms with Crippen LogP contribution in [0.1, 0.15) is 44.7 Å². The van der Waals surface area contributed by atoms with E-state index in [0.717, 1.165) is 4.31 Å². The van der Waals surface area contributed by atoms with Gasteiger partial charge in [0.05, 0.1) is 17.6 Å². The molecule has 0 radical (unpaired) electrons. The molecular weight excluding hydrogens is 741 g/mol. The summed E-state index contributed by atoms with van der Waals surface area (Å²) in [4.78, 5) is 30.9. The number of carbonyl (C=O) groups excluding carboxylic acids is 2. The van der Waals surface area contributed by atoms with Crippen molar-refractivity contribution in [3.05, 3.63) is 84.1 Å². The maximum Gasteiger partial charge on any atom is 0.491 e. The van der Waals surface area contributed by atoms with Gasteiger partial charge in [-0.3, -0.25) is 4.79 Å². The summed E-state index contributed by atoms with van der Waals surface area (Å²) >= 11 is 0. The van der Waals surface area contributed by atoms with Gasteiger partial charge in [-0.1, -0.05) is 18.2 Å². The van der Waals surface area contributed by atoms with E-state index < -0.39 is 72.2 Å². The Morgan fingerprint density at radius 3 is 2.37 bits per heavy atom. The molecule has 1 fully saturated rings. The highest BCUT2D eigenvalue weighted by Crippen LogP contribution is 2.39. The fourth-order valence-electron chi connectivity index (χ4n) is 5.81. The molecule has 5 rings (SSSR count). The van der Waals surface area contributed by atoms with Crippen molar-refractivity contribution in [3.8, 4) is 11.5 Å². The molecule has 1 saturated heterocycles. The molecule has 1 atom stereocenters. The number of pyridine rings is 1. The van der Waals surface area contributed by atoms with Gasteiger partial charge in [-0.15, -0.1) is 0 Å². The summed E-state index contributed by atoms with van der Waals surface area (Å²) in [7, 11) is -4.36. The number of ether oxygens (including phenoxy) is 3. The molecule has 4 aromatic rings. The van der Waals surface area contributed by atoms with E-state index in [1.54, 1.807) is 26.8 Å². The van der Waals surface area contributed by atoms with Crippen molar-refractivity contribution >= 4 is 44.2 Å². The zero-order chi connectivity index (χ0) is 39.5. The predicted octanol–water partition coefficient (Wildman–Crippen LogP) is 6.11. The number of rotatable bonds is 13. The van der Waals surface area contributed by atoms with Crippen LogP contribution in [0.5, 0.6) is 11.5 Å². The topological polar surface area (TPSA) is 162 Å². The van der Waals surface area contributed by atoms with Gasteiger partial charge in [-0.25, -0.2) is 27.0 Å². The molecule has 0 aliphatic carbocycles. The second-order valence-corrected chi connectivity index (χ2v) is 14.5. The van der Waals surface area contributed by atoms with E-state index >= 15 is 0 Å². The van der Waals surface area contributed by atoms with Crippen LogP contribution in [0, 0.1) is 0 Å². The van der Waals surface area contributed by atoms with Crippen LogP contribution in [0.3, 0.4) is 0 Å². The number of esters is 1. The van der Waals surface area contributed by atoms with Crippen LogP contribution in [-0.2, 0) is 36.6 Å². The lowest BCUT2D eigenvalue weighted by atomic mass is 9.99. The van der Waals surface area contributed by atoms with Gasteiger partial charge in [0.1, 0.15) is 5.82 Å².